The number of nitrogens with one attached hydrogen (secondary N) is 2. The Labute approximate surface area is 157 Å². The maximum Gasteiger partial charge on any atom is 0.266 e. The Hall–Kier alpha value is -2.36. The molecule has 1 unspecified atom stereocenters. The second-order valence-electron chi connectivity index (χ2n) is 7.64. The van der Waals surface area contributed by atoms with Gasteiger partial charge in [-0.15, -0.1) is 0 Å². The third kappa shape index (κ3) is 5.87. The number of hydrogen-bond donors (Lipinski definition) is 2. The first-order valence-electron chi connectivity index (χ1n) is 9.38. The van der Waals surface area contributed by atoms with E-state index in [1.54, 1.807) is 6.20 Å². The van der Waals surface area contributed by atoms with Crippen LogP contribution in [0.2, 0.25) is 0 Å². The molecule has 1 aliphatic rings. The van der Waals surface area contributed by atoms with Crippen molar-refractivity contribution in [3.05, 3.63) is 66.2 Å². The van der Waals surface area contributed by atoms with E-state index >= 15 is 0 Å². The van der Waals surface area contributed by atoms with Crippen LogP contribution in [0.1, 0.15) is 39.3 Å². The first kappa shape index (κ1) is 20.0. The molecule has 0 saturated heterocycles. The zero-order chi connectivity index (χ0) is 19.0. The van der Waals surface area contributed by atoms with Crippen LogP contribution in [0.5, 0.6) is 0 Å². The van der Waals surface area contributed by atoms with E-state index in [4.69, 9.17) is 0 Å². The van der Waals surface area contributed by atoms with Gasteiger partial charge in [-0.05, 0) is 41.9 Å². The Bertz CT molecular complexity index is 676. The Kier molecular flexibility index (Phi) is 7.19. The van der Waals surface area contributed by atoms with Crippen molar-refractivity contribution < 1.29 is 4.79 Å². The van der Waals surface area contributed by atoms with Gasteiger partial charge in [0.25, 0.3) is 5.91 Å². The topological polar surface area (TPSA) is 54.0 Å². The lowest BCUT2D eigenvalue weighted by atomic mass is 9.71. The molecule has 1 aromatic rings. The number of amides is 1. The third-order valence-electron chi connectivity index (χ3n) is 4.80. The van der Waals surface area contributed by atoms with Crippen LogP contribution in [0, 0.1) is 11.3 Å². The van der Waals surface area contributed by atoms with Crippen LogP contribution in [0.3, 0.4) is 0 Å². The Morgan fingerprint density at radius 1 is 1.35 bits per heavy atom. The summed E-state index contributed by atoms with van der Waals surface area (Å²) >= 11 is 0. The minimum atomic E-state index is -0.145. The van der Waals surface area contributed by atoms with E-state index in [1.807, 2.05) is 18.2 Å². The fourth-order valence-corrected chi connectivity index (χ4v) is 3.48. The van der Waals surface area contributed by atoms with Gasteiger partial charge in [0.15, 0.2) is 0 Å². The van der Waals surface area contributed by atoms with Crippen LogP contribution >= 0.6 is 0 Å². The molecule has 1 heterocycles. The lowest BCUT2D eigenvalue weighted by Crippen LogP contribution is -2.36. The van der Waals surface area contributed by atoms with Gasteiger partial charge < -0.3 is 10.6 Å². The molecule has 0 aromatic carbocycles. The van der Waals surface area contributed by atoms with Crippen LogP contribution in [0.4, 0.5) is 0 Å². The van der Waals surface area contributed by atoms with Crippen molar-refractivity contribution in [2.45, 2.75) is 40.0 Å². The Morgan fingerprint density at radius 2 is 2.15 bits per heavy atom. The summed E-state index contributed by atoms with van der Waals surface area (Å²) in [7, 11) is 0. The average Bonchev–Trinajstić information content (AvgIpc) is 2.60. The SMILES string of the molecule is C=C(NCCc1ccccn1)C(=O)NCC1=CC=CCC1(C)CC(C)C. The summed E-state index contributed by atoms with van der Waals surface area (Å²) < 4.78 is 0. The molecule has 26 heavy (non-hydrogen) atoms. The van der Waals surface area contributed by atoms with Gasteiger partial charge in [0.2, 0.25) is 0 Å². The summed E-state index contributed by atoms with van der Waals surface area (Å²) in [5.74, 6) is 0.474. The molecule has 1 amide bonds. The normalized spacial score (nSPS) is 19.2. The molecular formula is C22H31N3O. The first-order chi connectivity index (χ1) is 12.4. The van der Waals surface area contributed by atoms with E-state index in [0.717, 1.165) is 25.0 Å². The number of aromatic nitrogens is 1. The first-order valence-corrected chi connectivity index (χ1v) is 9.38. The third-order valence-corrected chi connectivity index (χ3v) is 4.80. The van der Waals surface area contributed by atoms with Gasteiger partial charge >= 0.3 is 0 Å². The number of carbonyl (C=O) groups is 1. The average molecular weight is 354 g/mol. The number of pyridine rings is 1. The standard InChI is InChI=1S/C22H31N3O/c1-17(2)15-22(4)12-7-5-9-19(22)16-25-21(26)18(3)23-14-11-20-10-6-8-13-24-20/h5-10,13,17,23H,3,11-12,14-16H2,1-2,4H3,(H,25,26). The van der Waals surface area contributed by atoms with E-state index in [0.29, 0.717) is 24.7 Å². The molecule has 2 N–H and O–H groups in total. The lowest BCUT2D eigenvalue weighted by Gasteiger charge is -2.35. The molecule has 4 heteroatoms. The fraction of sp³-hybridized carbons (Fsp3) is 0.455. The second-order valence-corrected chi connectivity index (χ2v) is 7.64. The molecule has 4 nitrogen and oxygen atoms in total. The van der Waals surface area contributed by atoms with Crippen molar-refractivity contribution in [1.82, 2.24) is 15.6 Å². The Morgan fingerprint density at radius 3 is 2.85 bits per heavy atom. The molecule has 1 atom stereocenters. The van der Waals surface area contributed by atoms with Crippen molar-refractivity contribution in [3.8, 4) is 0 Å². The second kappa shape index (κ2) is 9.37. The molecule has 0 fully saturated rings. The van der Waals surface area contributed by atoms with Gasteiger partial charge in [-0.2, -0.15) is 0 Å². The highest BCUT2D eigenvalue weighted by atomic mass is 16.2. The largest absolute Gasteiger partial charge is 0.381 e. The smallest absolute Gasteiger partial charge is 0.266 e. The van der Waals surface area contributed by atoms with Crippen LogP contribution < -0.4 is 10.6 Å². The monoisotopic (exact) mass is 353 g/mol. The van der Waals surface area contributed by atoms with Gasteiger partial charge in [0.1, 0.15) is 0 Å². The number of hydrogen-bond acceptors (Lipinski definition) is 3. The van der Waals surface area contributed by atoms with Gasteiger partial charge in [0, 0.05) is 31.4 Å². The maximum absolute atomic E-state index is 12.3. The van der Waals surface area contributed by atoms with Crippen molar-refractivity contribution in [2.75, 3.05) is 13.1 Å². The highest BCUT2D eigenvalue weighted by Crippen LogP contribution is 2.39. The van der Waals surface area contributed by atoms with Crippen LogP contribution in [0.25, 0.3) is 0 Å². The predicted molar refractivity (Wildman–Crippen MR) is 107 cm³/mol. The summed E-state index contributed by atoms with van der Waals surface area (Å²) in [5, 5.41) is 6.10. The molecule has 1 aromatic heterocycles. The van der Waals surface area contributed by atoms with Gasteiger partial charge in [-0.1, -0.05) is 51.6 Å². The summed E-state index contributed by atoms with van der Waals surface area (Å²) in [6, 6.07) is 5.83. The highest BCUT2D eigenvalue weighted by Gasteiger charge is 2.30. The molecule has 2 rings (SSSR count). The summed E-state index contributed by atoms with van der Waals surface area (Å²) in [6.07, 6.45) is 11.1. The highest BCUT2D eigenvalue weighted by molar-refractivity contribution is 5.92. The number of carbonyl (C=O) groups excluding carboxylic acids is 1. The molecule has 0 spiro atoms. The van der Waals surface area contributed by atoms with E-state index in [1.165, 1.54) is 5.57 Å². The number of rotatable bonds is 9. The molecule has 0 saturated carbocycles. The summed E-state index contributed by atoms with van der Waals surface area (Å²) in [4.78, 5) is 16.6. The van der Waals surface area contributed by atoms with E-state index in [9.17, 15) is 4.79 Å². The van der Waals surface area contributed by atoms with Gasteiger partial charge in [-0.3, -0.25) is 9.78 Å². The van der Waals surface area contributed by atoms with E-state index in [2.05, 4.69) is 61.2 Å². The van der Waals surface area contributed by atoms with Gasteiger partial charge in [-0.25, -0.2) is 0 Å². The van der Waals surface area contributed by atoms with Gasteiger partial charge in [0.05, 0.1) is 5.70 Å². The minimum absolute atomic E-state index is 0.115. The van der Waals surface area contributed by atoms with Crippen LogP contribution in [-0.2, 0) is 11.2 Å². The van der Waals surface area contributed by atoms with Crippen LogP contribution in [0.15, 0.2) is 60.5 Å². The molecule has 140 valence electrons. The van der Waals surface area contributed by atoms with Crippen molar-refractivity contribution >= 4 is 5.91 Å². The zero-order valence-corrected chi connectivity index (χ0v) is 16.2. The van der Waals surface area contributed by atoms with Crippen molar-refractivity contribution in [2.24, 2.45) is 11.3 Å². The minimum Gasteiger partial charge on any atom is -0.381 e. The quantitative estimate of drug-likeness (QED) is 0.664. The van der Waals surface area contributed by atoms with E-state index in [-0.39, 0.29) is 11.3 Å². The Balaban J connectivity index is 1.80. The molecule has 0 radical (unpaired) electrons. The molecule has 0 aliphatic heterocycles. The zero-order valence-electron chi connectivity index (χ0n) is 16.2. The predicted octanol–water partition coefficient (Wildman–Crippen LogP) is 3.78. The number of nitrogens with zero attached hydrogens (tertiary/aromatic N) is 1. The fourth-order valence-electron chi connectivity index (χ4n) is 3.48. The lowest BCUT2D eigenvalue weighted by molar-refractivity contribution is -0.117. The molecule has 1 aliphatic carbocycles. The number of allylic oxidation sites excluding steroid dienone is 3. The summed E-state index contributed by atoms with van der Waals surface area (Å²) in [5.41, 5.74) is 2.79. The molecule has 0 bridgehead atoms. The van der Waals surface area contributed by atoms with Crippen molar-refractivity contribution in [3.63, 3.8) is 0 Å². The molecular weight excluding hydrogens is 322 g/mol. The van der Waals surface area contributed by atoms with Crippen molar-refractivity contribution in [1.29, 1.82) is 0 Å². The van der Waals surface area contributed by atoms with Crippen LogP contribution in [-0.4, -0.2) is 24.0 Å². The summed E-state index contributed by atoms with van der Waals surface area (Å²) in [6.45, 7) is 11.8. The van der Waals surface area contributed by atoms with E-state index < -0.39 is 0 Å². The maximum atomic E-state index is 12.3.